The second kappa shape index (κ2) is 16.6. The monoisotopic (exact) mass is 546 g/mol. The third-order valence-electron chi connectivity index (χ3n) is 7.42. The molecule has 3 rings (SSSR count). The van der Waals surface area contributed by atoms with E-state index in [-0.39, 0.29) is 5.97 Å². The van der Waals surface area contributed by atoms with E-state index in [1.165, 1.54) is 66.5 Å². The van der Waals surface area contributed by atoms with E-state index in [0.29, 0.717) is 6.42 Å². The summed E-state index contributed by atoms with van der Waals surface area (Å²) in [6, 6.07) is 26.1. The first kappa shape index (κ1) is 31.0. The molecule has 0 aliphatic rings. The maximum atomic E-state index is 13.3. The molecule has 0 N–H and O–H groups in total. The van der Waals surface area contributed by atoms with E-state index in [1.54, 1.807) is 0 Å². The maximum absolute atomic E-state index is 13.3. The van der Waals surface area contributed by atoms with Crippen LogP contribution in [0.15, 0.2) is 87.5 Å². The number of hydrogen-bond acceptors (Lipinski definition) is 2. The van der Waals surface area contributed by atoms with Crippen LogP contribution in [0.4, 0.5) is 0 Å². The minimum absolute atomic E-state index is 0.135. The van der Waals surface area contributed by atoms with Crippen molar-refractivity contribution in [2.24, 2.45) is 0 Å². The second-order valence-electron chi connectivity index (χ2n) is 10.6. The first-order chi connectivity index (χ1) is 19.1. The van der Waals surface area contributed by atoms with E-state index in [0.717, 1.165) is 41.9 Å². The molecule has 0 spiro atoms. The smallest absolute Gasteiger partial charge is 0.316 e. The van der Waals surface area contributed by atoms with Crippen molar-refractivity contribution in [2.75, 3.05) is 0 Å². The van der Waals surface area contributed by atoms with Gasteiger partial charge in [-0.05, 0) is 89.8 Å². The van der Waals surface area contributed by atoms with Gasteiger partial charge in [0.05, 0.1) is 0 Å². The highest BCUT2D eigenvalue weighted by Gasteiger charge is 2.39. The summed E-state index contributed by atoms with van der Waals surface area (Å²) in [5.74, 6) is -0.135. The molecule has 0 saturated heterocycles. The predicted octanol–water partition coefficient (Wildman–Crippen LogP) is 11.0. The van der Waals surface area contributed by atoms with Crippen LogP contribution in [0, 0.1) is 0 Å². The number of unbranched alkanes of at least 4 members (excludes halogenated alkanes) is 6. The van der Waals surface area contributed by atoms with E-state index in [2.05, 4.69) is 93.6 Å². The van der Waals surface area contributed by atoms with Gasteiger partial charge in [0.2, 0.25) is 0 Å². The molecule has 0 atom stereocenters. The van der Waals surface area contributed by atoms with Gasteiger partial charge in [-0.1, -0.05) is 115 Å². The van der Waals surface area contributed by atoms with Crippen molar-refractivity contribution in [3.63, 3.8) is 0 Å². The maximum Gasteiger partial charge on any atom is 0.316 e. The van der Waals surface area contributed by atoms with Crippen molar-refractivity contribution in [3.05, 3.63) is 89.5 Å². The van der Waals surface area contributed by atoms with Gasteiger partial charge in [-0.25, -0.2) is 0 Å². The minimum atomic E-state index is -2.27. The zero-order valence-corrected chi connectivity index (χ0v) is 25.7. The summed E-state index contributed by atoms with van der Waals surface area (Å²) in [5, 5.41) is 0. The van der Waals surface area contributed by atoms with E-state index in [9.17, 15) is 4.79 Å². The molecular weight excluding hydrogens is 496 g/mol. The Morgan fingerprint density at radius 3 is 1.46 bits per heavy atom. The summed E-state index contributed by atoms with van der Waals surface area (Å²) in [5.41, 5.74) is 4.22. The summed E-state index contributed by atoms with van der Waals surface area (Å²) in [4.78, 5) is 16.8. The Morgan fingerprint density at radius 2 is 1.05 bits per heavy atom. The first-order valence-corrected chi connectivity index (χ1v) is 17.0. The molecule has 3 aromatic carbocycles. The zero-order valence-electron chi connectivity index (χ0n) is 24.8. The molecule has 0 aliphatic carbocycles. The summed E-state index contributed by atoms with van der Waals surface area (Å²) in [6.45, 7) is 8.72. The number of carbonyl (C=O) groups is 1. The Labute approximate surface area is 240 Å². The lowest BCUT2D eigenvalue weighted by Crippen LogP contribution is -2.17. The van der Waals surface area contributed by atoms with Crippen LogP contribution >= 0.6 is 10.3 Å². The van der Waals surface area contributed by atoms with Crippen LogP contribution < -0.4 is 0 Å². The number of rotatable bonds is 17. The lowest BCUT2D eigenvalue weighted by molar-refractivity contribution is -0.133. The van der Waals surface area contributed by atoms with E-state index >= 15 is 0 Å². The highest BCUT2D eigenvalue weighted by atomic mass is 32.3. The molecule has 3 heteroatoms. The molecule has 0 radical (unpaired) electrons. The third-order valence-corrected chi connectivity index (χ3v) is 10.8. The van der Waals surface area contributed by atoms with Crippen LogP contribution in [0.2, 0.25) is 0 Å². The topological polar surface area (TPSA) is 26.3 Å². The molecule has 0 saturated carbocycles. The van der Waals surface area contributed by atoms with Crippen LogP contribution in [0.25, 0.3) is 0 Å². The summed E-state index contributed by atoms with van der Waals surface area (Å²) in [6.07, 6.45) is 14.3. The molecule has 2 nitrogen and oxygen atoms in total. The molecule has 0 fully saturated rings. The predicted molar refractivity (Wildman–Crippen MR) is 168 cm³/mol. The molecule has 212 valence electrons. The van der Waals surface area contributed by atoms with Gasteiger partial charge in [-0.3, -0.25) is 4.79 Å². The van der Waals surface area contributed by atoms with Crippen LogP contribution in [0.5, 0.6) is 0 Å². The van der Waals surface area contributed by atoms with Crippen molar-refractivity contribution in [1.29, 1.82) is 0 Å². The molecule has 0 aliphatic heterocycles. The summed E-state index contributed by atoms with van der Waals surface area (Å²) < 4.78 is 6.82. The summed E-state index contributed by atoms with van der Waals surface area (Å²) >= 11 is 0. The number of hydrogen-bond donors (Lipinski definition) is 0. The van der Waals surface area contributed by atoms with Crippen molar-refractivity contribution in [2.45, 2.75) is 126 Å². The number of benzene rings is 3. The van der Waals surface area contributed by atoms with Gasteiger partial charge in [-0.15, -0.1) is 0 Å². The van der Waals surface area contributed by atoms with Crippen LogP contribution in [-0.4, -0.2) is 5.97 Å². The normalized spacial score (nSPS) is 11.9. The van der Waals surface area contributed by atoms with Crippen LogP contribution in [-0.2, 0) is 28.2 Å². The first-order valence-electron chi connectivity index (χ1n) is 15.4. The van der Waals surface area contributed by atoms with Crippen LogP contribution in [0.1, 0.15) is 109 Å². The Bertz CT molecular complexity index is 1050. The molecule has 0 amide bonds. The Kier molecular flexibility index (Phi) is 13.2. The molecule has 39 heavy (non-hydrogen) atoms. The Hall–Kier alpha value is -2.52. The van der Waals surface area contributed by atoms with Crippen molar-refractivity contribution in [3.8, 4) is 0 Å². The molecule has 0 unspecified atom stereocenters. The van der Waals surface area contributed by atoms with Gasteiger partial charge in [0.25, 0.3) is 0 Å². The van der Waals surface area contributed by atoms with Gasteiger partial charge >= 0.3 is 5.97 Å². The van der Waals surface area contributed by atoms with Gasteiger partial charge in [0.15, 0.2) is 0 Å². The second-order valence-corrected chi connectivity index (χ2v) is 13.2. The van der Waals surface area contributed by atoms with Gasteiger partial charge in [0.1, 0.15) is 0 Å². The molecule has 3 aromatic rings. The largest absolute Gasteiger partial charge is 0.402 e. The Balaban J connectivity index is 2.38. The average molecular weight is 547 g/mol. The van der Waals surface area contributed by atoms with Crippen molar-refractivity contribution >= 4 is 16.3 Å². The van der Waals surface area contributed by atoms with E-state index in [1.807, 2.05) is 6.92 Å². The van der Waals surface area contributed by atoms with Crippen molar-refractivity contribution < 1.29 is 8.98 Å². The fourth-order valence-electron chi connectivity index (χ4n) is 5.35. The SMILES string of the molecule is CCCCCc1cc(CCCCC)c(S(OC(=O)CC)(c2ccccc2)c2ccccc2)c(CCCCC)c1. The van der Waals surface area contributed by atoms with E-state index < -0.39 is 10.3 Å². The molecular formula is C36H50O2S. The highest BCUT2D eigenvalue weighted by Crippen LogP contribution is 2.71. The quantitative estimate of drug-likeness (QED) is 0.157. The van der Waals surface area contributed by atoms with Crippen molar-refractivity contribution in [1.82, 2.24) is 0 Å². The lowest BCUT2D eigenvalue weighted by atomic mass is 9.95. The minimum Gasteiger partial charge on any atom is -0.402 e. The van der Waals surface area contributed by atoms with E-state index in [4.69, 9.17) is 4.18 Å². The summed E-state index contributed by atoms with van der Waals surface area (Å²) in [7, 11) is -2.27. The highest BCUT2D eigenvalue weighted by molar-refractivity contribution is 8.30. The zero-order chi connectivity index (χ0) is 27.9. The fraction of sp³-hybridized carbons (Fsp3) is 0.472. The average Bonchev–Trinajstić information content (AvgIpc) is 2.97. The molecule has 0 aromatic heterocycles. The lowest BCUT2D eigenvalue weighted by Gasteiger charge is -2.42. The standard InChI is InChI=1S/C36H50O2S/c1-5-9-14-21-30-28-31(22-15-10-6-2)36(32(29-30)23-16-11-7-3)39(38-35(37)8-4,33-24-17-12-18-25-33)34-26-19-13-20-27-34/h12-13,17-20,24-29H,5-11,14-16,21-23H2,1-4H3. The van der Waals surface area contributed by atoms with Gasteiger partial charge in [0, 0.05) is 21.1 Å². The molecule has 0 bridgehead atoms. The van der Waals surface area contributed by atoms with Gasteiger partial charge in [-0.2, -0.15) is 0 Å². The fourth-order valence-corrected chi connectivity index (χ4v) is 8.91. The molecule has 0 heterocycles. The Morgan fingerprint density at radius 1 is 0.615 bits per heavy atom. The number of carbonyl (C=O) groups excluding carboxylic acids is 1. The van der Waals surface area contributed by atoms with Crippen LogP contribution in [0.3, 0.4) is 0 Å². The number of aryl methyl sites for hydroxylation is 3. The van der Waals surface area contributed by atoms with Gasteiger partial charge < -0.3 is 4.18 Å². The third kappa shape index (κ3) is 8.24.